The van der Waals surface area contributed by atoms with Crippen molar-refractivity contribution < 1.29 is 0 Å². The molecular formula is C48H28N4. The van der Waals surface area contributed by atoms with E-state index in [-0.39, 0.29) is 0 Å². The SMILES string of the molecule is c1ccc(-n2c3ccccc3c3cc(-c4ccc5c(c4)c4cc6ccccc6cc4n5-c4cc5c6c(cccc6n4)-c4ncccc4-5)ccc32)cc1. The van der Waals surface area contributed by atoms with Gasteiger partial charge in [0.2, 0.25) is 0 Å². The van der Waals surface area contributed by atoms with Gasteiger partial charge in [-0.25, -0.2) is 4.98 Å². The molecule has 1 aliphatic carbocycles. The fourth-order valence-electron chi connectivity index (χ4n) is 8.77. The molecule has 4 heteroatoms. The average molecular weight is 661 g/mol. The van der Waals surface area contributed by atoms with E-state index in [9.17, 15) is 0 Å². The van der Waals surface area contributed by atoms with Crippen LogP contribution in [0.4, 0.5) is 0 Å². The Labute approximate surface area is 298 Å². The van der Waals surface area contributed by atoms with Gasteiger partial charge in [0.1, 0.15) is 5.82 Å². The number of rotatable bonds is 3. The van der Waals surface area contributed by atoms with Crippen molar-refractivity contribution in [3.05, 3.63) is 170 Å². The number of benzene rings is 7. The number of fused-ring (bicyclic) bond motifs is 10. The Morgan fingerprint density at radius 2 is 1.08 bits per heavy atom. The summed E-state index contributed by atoms with van der Waals surface area (Å²) in [4.78, 5) is 10.1. The zero-order valence-electron chi connectivity index (χ0n) is 28.0. The van der Waals surface area contributed by atoms with Gasteiger partial charge in [0.15, 0.2) is 0 Å². The summed E-state index contributed by atoms with van der Waals surface area (Å²) in [5.41, 5.74) is 13.8. The number of hydrogen-bond donors (Lipinski definition) is 0. The molecular weight excluding hydrogens is 633 g/mol. The van der Waals surface area contributed by atoms with E-state index in [0.717, 1.165) is 39.2 Å². The number of hydrogen-bond acceptors (Lipinski definition) is 2. The molecule has 1 aliphatic rings. The second-order valence-electron chi connectivity index (χ2n) is 13.8. The van der Waals surface area contributed by atoms with Gasteiger partial charge in [-0.15, -0.1) is 0 Å². The van der Waals surface area contributed by atoms with Gasteiger partial charge in [0.25, 0.3) is 0 Å². The van der Waals surface area contributed by atoms with Crippen molar-refractivity contribution in [1.82, 2.24) is 19.1 Å². The summed E-state index contributed by atoms with van der Waals surface area (Å²) >= 11 is 0. The molecule has 240 valence electrons. The molecule has 0 fully saturated rings. The molecule has 0 unspecified atom stereocenters. The normalized spacial score (nSPS) is 12.2. The van der Waals surface area contributed by atoms with Crippen LogP contribution in [0.15, 0.2) is 170 Å². The highest BCUT2D eigenvalue weighted by Crippen LogP contribution is 2.47. The van der Waals surface area contributed by atoms with Crippen LogP contribution in [-0.4, -0.2) is 19.1 Å². The molecule has 4 nitrogen and oxygen atoms in total. The second kappa shape index (κ2) is 10.3. The summed E-state index contributed by atoms with van der Waals surface area (Å²) in [5.74, 6) is 0.912. The van der Waals surface area contributed by atoms with Crippen LogP contribution in [-0.2, 0) is 0 Å². The van der Waals surface area contributed by atoms with Crippen molar-refractivity contribution in [2.45, 2.75) is 0 Å². The number of pyridine rings is 2. The molecule has 0 saturated heterocycles. The van der Waals surface area contributed by atoms with Crippen LogP contribution in [0.1, 0.15) is 0 Å². The summed E-state index contributed by atoms with van der Waals surface area (Å²) in [6, 6.07) is 59.4. The lowest BCUT2D eigenvalue weighted by Gasteiger charge is -2.11. The molecule has 0 amide bonds. The average Bonchev–Trinajstić information content (AvgIpc) is 3.83. The monoisotopic (exact) mass is 660 g/mol. The van der Waals surface area contributed by atoms with E-state index in [1.807, 2.05) is 12.3 Å². The minimum Gasteiger partial charge on any atom is -0.309 e. The van der Waals surface area contributed by atoms with Crippen LogP contribution in [0.5, 0.6) is 0 Å². The highest BCUT2D eigenvalue weighted by molar-refractivity contribution is 6.17. The molecule has 11 aromatic rings. The van der Waals surface area contributed by atoms with Gasteiger partial charge in [-0.3, -0.25) is 9.55 Å². The molecule has 4 heterocycles. The van der Waals surface area contributed by atoms with Crippen molar-refractivity contribution in [2.24, 2.45) is 0 Å². The van der Waals surface area contributed by atoms with Crippen LogP contribution < -0.4 is 0 Å². The fraction of sp³-hybridized carbons (Fsp3) is 0. The molecule has 12 rings (SSSR count). The topological polar surface area (TPSA) is 35.6 Å². The van der Waals surface area contributed by atoms with Gasteiger partial charge in [-0.2, -0.15) is 0 Å². The van der Waals surface area contributed by atoms with Crippen molar-refractivity contribution in [3.8, 4) is 45.0 Å². The molecule has 7 aromatic carbocycles. The number of para-hydroxylation sites is 2. The highest BCUT2D eigenvalue weighted by atomic mass is 15.1. The summed E-state index contributed by atoms with van der Waals surface area (Å²) in [6.07, 6.45) is 1.88. The number of nitrogens with zero attached hydrogens (tertiary/aromatic N) is 4. The maximum atomic E-state index is 5.35. The van der Waals surface area contributed by atoms with E-state index in [2.05, 4.69) is 167 Å². The first-order valence-corrected chi connectivity index (χ1v) is 17.7. The van der Waals surface area contributed by atoms with E-state index < -0.39 is 0 Å². The molecule has 52 heavy (non-hydrogen) atoms. The standard InChI is InChI=1S/C48H28N4/c1-2-12-33(13-3-1)51-42-18-7-6-14-34(42)37-25-31(19-21-43(37)51)32-20-22-44-38(26-32)39-24-29-10-4-5-11-30(29)27-45(39)52(44)46-28-40-35-16-9-23-49-48(35)36-15-8-17-41(50-46)47(36)40/h1-28H. The van der Waals surface area contributed by atoms with Gasteiger partial charge in [0.05, 0.1) is 33.3 Å². The van der Waals surface area contributed by atoms with Crippen LogP contribution >= 0.6 is 0 Å². The van der Waals surface area contributed by atoms with Gasteiger partial charge < -0.3 is 4.57 Å². The van der Waals surface area contributed by atoms with Gasteiger partial charge in [0, 0.05) is 49.9 Å². The fourth-order valence-corrected chi connectivity index (χ4v) is 8.77. The Morgan fingerprint density at radius 3 is 1.92 bits per heavy atom. The Morgan fingerprint density at radius 1 is 0.404 bits per heavy atom. The van der Waals surface area contributed by atoms with Crippen molar-refractivity contribution >= 4 is 65.3 Å². The summed E-state index contributed by atoms with van der Waals surface area (Å²) in [6.45, 7) is 0. The molecule has 0 aliphatic heterocycles. The van der Waals surface area contributed by atoms with Crippen molar-refractivity contribution in [3.63, 3.8) is 0 Å². The third-order valence-electron chi connectivity index (χ3n) is 11.1. The molecule has 0 atom stereocenters. The zero-order valence-corrected chi connectivity index (χ0v) is 28.0. The third kappa shape index (κ3) is 3.75. The molecule has 0 N–H and O–H groups in total. The molecule has 4 aromatic heterocycles. The smallest absolute Gasteiger partial charge is 0.138 e. The minimum atomic E-state index is 0.912. The first-order chi connectivity index (χ1) is 25.8. The summed E-state index contributed by atoms with van der Waals surface area (Å²) in [5, 5.41) is 8.54. The second-order valence-corrected chi connectivity index (χ2v) is 13.8. The maximum Gasteiger partial charge on any atom is 0.138 e. The zero-order chi connectivity index (χ0) is 33.9. The minimum absolute atomic E-state index is 0.912. The van der Waals surface area contributed by atoms with Crippen molar-refractivity contribution in [2.75, 3.05) is 0 Å². The molecule has 0 saturated carbocycles. The lowest BCUT2D eigenvalue weighted by atomic mass is 10.00. The Balaban J connectivity index is 1.11. The molecule has 0 radical (unpaired) electrons. The molecule has 0 spiro atoms. The Bertz CT molecular complexity index is 3290. The van der Waals surface area contributed by atoms with E-state index in [0.29, 0.717) is 0 Å². The van der Waals surface area contributed by atoms with Crippen LogP contribution in [0.3, 0.4) is 0 Å². The van der Waals surface area contributed by atoms with Gasteiger partial charge in [-0.1, -0.05) is 91.0 Å². The first-order valence-electron chi connectivity index (χ1n) is 17.7. The van der Waals surface area contributed by atoms with Gasteiger partial charge in [-0.05, 0) is 100 Å². The lowest BCUT2D eigenvalue weighted by molar-refractivity contribution is 1.10. The van der Waals surface area contributed by atoms with Crippen LogP contribution in [0.25, 0.3) is 110 Å². The van der Waals surface area contributed by atoms with E-state index >= 15 is 0 Å². The quantitative estimate of drug-likeness (QED) is 0.189. The molecule has 0 bridgehead atoms. The Kier molecular flexibility index (Phi) is 5.47. The summed E-state index contributed by atoms with van der Waals surface area (Å²) in [7, 11) is 0. The van der Waals surface area contributed by atoms with E-state index in [1.165, 1.54) is 71.1 Å². The van der Waals surface area contributed by atoms with Crippen LogP contribution in [0, 0.1) is 0 Å². The largest absolute Gasteiger partial charge is 0.309 e. The summed E-state index contributed by atoms with van der Waals surface area (Å²) < 4.78 is 4.73. The van der Waals surface area contributed by atoms with Crippen LogP contribution in [0.2, 0.25) is 0 Å². The van der Waals surface area contributed by atoms with E-state index in [1.54, 1.807) is 0 Å². The number of aromatic nitrogens is 4. The maximum absolute atomic E-state index is 5.35. The highest BCUT2D eigenvalue weighted by Gasteiger charge is 2.25. The predicted molar refractivity (Wildman–Crippen MR) is 216 cm³/mol. The van der Waals surface area contributed by atoms with E-state index in [4.69, 9.17) is 9.97 Å². The predicted octanol–water partition coefficient (Wildman–Crippen LogP) is 12.3. The van der Waals surface area contributed by atoms with Crippen molar-refractivity contribution in [1.29, 1.82) is 0 Å². The van der Waals surface area contributed by atoms with Gasteiger partial charge >= 0.3 is 0 Å². The first kappa shape index (κ1) is 27.7. The third-order valence-corrected chi connectivity index (χ3v) is 11.1. The lowest BCUT2D eigenvalue weighted by Crippen LogP contribution is -1.98. The Hall–Kier alpha value is -7.04.